The van der Waals surface area contributed by atoms with Gasteiger partial charge in [0.2, 0.25) is 0 Å². The molecule has 0 radical (unpaired) electrons. The van der Waals surface area contributed by atoms with Crippen LogP contribution in [0.25, 0.3) is 87.1 Å². The highest BCUT2D eigenvalue weighted by atomic mass is 32.1. The average molecular weight is 617 g/mol. The molecule has 0 aliphatic heterocycles. The van der Waals surface area contributed by atoms with Gasteiger partial charge in [0.1, 0.15) is 0 Å². The van der Waals surface area contributed by atoms with Crippen LogP contribution in [0.5, 0.6) is 0 Å². The highest BCUT2D eigenvalue weighted by molar-refractivity contribution is 7.26. The molecule has 47 heavy (non-hydrogen) atoms. The maximum absolute atomic E-state index is 5.20. The third-order valence-electron chi connectivity index (χ3n) is 8.86. The number of hydrogen-bond acceptors (Lipinski definition) is 3. The molecule has 2 nitrogen and oxygen atoms in total. The van der Waals surface area contributed by atoms with Gasteiger partial charge < -0.3 is 0 Å². The Morgan fingerprint density at radius 2 is 1.00 bits per heavy atom. The molecule has 0 N–H and O–H groups in total. The van der Waals surface area contributed by atoms with Crippen molar-refractivity contribution in [2.24, 2.45) is 0 Å². The molecular weight excluding hydrogens is 589 g/mol. The minimum absolute atomic E-state index is 0.714. The zero-order valence-electron chi connectivity index (χ0n) is 25.5. The Kier molecular flexibility index (Phi) is 6.69. The van der Waals surface area contributed by atoms with Crippen LogP contribution in [0, 0.1) is 0 Å². The van der Waals surface area contributed by atoms with E-state index >= 15 is 0 Å². The summed E-state index contributed by atoms with van der Waals surface area (Å²) >= 11 is 1.88. The Morgan fingerprint density at radius 1 is 0.383 bits per heavy atom. The number of rotatable bonds is 5. The van der Waals surface area contributed by atoms with Crippen LogP contribution < -0.4 is 0 Å². The van der Waals surface area contributed by atoms with E-state index in [9.17, 15) is 0 Å². The minimum atomic E-state index is 0.714. The lowest BCUT2D eigenvalue weighted by molar-refractivity contribution is 1.18. The van der Waals surface area contributed by atoms with Gasteiger partial charge >= 0.3 is 0 Å². The highest BCUT2D eigenvalue weighted by Gasteiger charge is 2.17. The van der Waals surface area contributed by atoms with E-state index in [1.165, 1.54) is 47.6 Å². The van der Waals surface area contributed by atoms with Crippen molar-refractivity contribution in [2.45, 2.75) is 0 Å². The second-order valence-corrected chi connectivity index (χ2v) is 12.9. The van der Waals surface area contributed by atoms with E-state index in [-0.39, 0.29) is 0 Å². The summed E-state index contributed by atoms with van der Waals surface area (Å²) in [4.78, 5) is 10.2. The zero-order chi connectivity index (χ0) is 31.2. The van der Waals surface area contributed by atoms with Crippen LogP contribution >= 0.6 is 11.3 Å². The Labute approximate surface area is 277 Å². The summed E-state index contributed by atoms with van der Waals surface area (Å²) in [6.45, 7) is 0. The number of aromatic nitrogens is 2. The van der Waals surface area contributed by atoms with E-state index in [2.05, 4.69) is 146 Å². The summed E-state index contributed by atoms with van der Waals surface area (Å²) in [5, 5.41) is 5.17. The van der Waals surface area contributed by atoms with E-state index < -0.39 is 0 Å². The molecule has 0 bridgehead atoms. The number of thiophene rings is 1. The van der Waals surface area contributed by atoms with Crippen molar-refractivity contribution < 1.29 is 0 Å². The summed E-state index contributed by atoms with van der Waals surface area (Å²) in [5.41, 5.74) is 9.63. The Bertz CT molecular complexity index is 2500. The van der Waals surface area contributed by atoms with Crippen molar-refractivity contribution in [3.8, 4) is 56.2 Å². The van der Waals surface area contributed by atoms with Gasteiger partial charge in [0.25, 0.3) is 0 Å². The molecule has 0 spiro atoms. The van der Waals surface area contributed by atoms with Crippen LogP contribution in [-0.4, -0.2) is 9.97 Å². The molecule has 0 aliphatic rings. The standard InChI is InChI=1S/C44H28N2S/c1-4-13-29(14-5-1)33-25-34(36-21-12-22-41-42(36)38-24-23-30-15-10-11-20-37(30)43(38)47-41)27-35(26-33)40-28-39(31-16-6-2-7-17-31)45-44(46-40)32-18-8-3-9-19-32/h1-28H. The summed E-state index contributed by atoms with van der Waals surface area (Å²) in [5.74, 6) is 0.714. The molecule has 3 heteroatoms. The summed E-state index contributed by atoms with van der Waals surface area (Å²) in [6.07, 6.45) is 0. The zero-order valence-corrected chi connectivity index (χ0v) is 26.3. The van der Waals surface area contributed by atoms with Gasteiger partial charge in [0.15, 0.2) is 5.82 Å². The van der Waals surface area contributed by atoms with E-state index in [1.54, 1.807) is 0 Å². The Balaban J connectivity index is 1.31. The molecule has 0 unspecified atom stereocenters. The van der Waals surface area contributed by atoms with Gasteiger partial charge in [-0.25, -0.2) is 9.97 Å². The molecule has 9 aromatic rings. The van der Waals surface area contributed by atoms with Gasteiger partial charge in [0.05, 0.1) is 11.4 Å². The van der Waals surface area contributed by atoms with Gasteiger partial charge in [-0.1, -0.05) is 140 Å². The molecule has 2 heterocycles. The number of nitrogens with zero attached hydrogens (tertiary/aromatic N) is 2. The van der Waals surface area contributed by atoms with Gasteiger partial charge in [-0.15, -0.1) is 11.3 Å². The number of hydrogen-bond donors (Lipinski definition) is 0. The van der Waals surface area contributed by atoms with Crippen molar-refractivity contribution in [3.63, 3.8) is 0 Å². The first-order valence-corrected chi connectivity index (χ1v) is 16.6. The van der Waals surface area contributed by atoms with E-state index in [1.807, 2.05) is 35.6 Å². The largest absolute Gasteiger partial charge is 0.228 e. The molecule has 0 amide bonds. The second kappa shape index (κ2) is 11.5. The normalized spacial score (nSPS) is 11.4. The fourth-order valence-electron chi connectivity index (χ4n) is 6.59. The van der Waals surface area contributed by atoms with Crippen LogP contribution in [0.1, 0.15) is 0 Å². The van der Waals surface area contributed by atoms with Gasteiger partial charge in [-0.3, -0.25) is 0 Å². The molecule has 0 saturated heterocycles. The van der Waals surface area contributed by atoms with Crippen molar-refractivity contribution in [1.29, 1.82) is 0 Å². The van der Waals surface area contributed by atoms with Crippen LogP contribution in [-0.2, 0) is 0 Å². The van der Waals surface area contributed by atoms with Crippen molar-refractivity contribution in [2.75, 3.05) is 0 Å². The van der Waals surface area contributed by atoms with Crippen LogP contribution in [0.3, 0.4) is 0 Å². The third-order valence-corrected chi connectivity index (χ3v) is 10.1. The first kappa shape index (κ1) is 27.4. The molecule has 0 aliphatic carbocycles. The molecule has 7 aromatic carbocycles. The predicted octanol–water partition coefficient (Wildman–Crippen LogP) is 12.3. The van der Waals surface area contributed by atoms with E-state index in [0.717, 1.165) is 33.6 Å². The minimum Gasteiger partial charge on any atom is -0.228 e. The topological polar surface area (TPSA) is 25.8 Å². The van der Waals surface area contributed by atoms with E-state index in [0.29, 0.717) is 5.82 Å². The fraction of sp³-hybridized carbons (Fsp3) is 0. The van der Waals surface area contributed by atoms with Crippen LogP contribution in [0.4, 0.5) is 0 Å². The summed E-state index contributed by atoms with van der Waals surface area (Å²) < 4.78 is 2.63. The van der Waals surface area contributed by atoms with Crippen molar-refractivity contribution >= 4 is 42.3 Å². The molecular formula is C44H28N2S. The maximum Gasteiger partial charge on any atom is 0.160 e. The van der Waals surface area contributed by atoms with Crippen molar-refractivity contribution in [1.82, 2.24) is 9.97 Å². The van der Waals surface area contributed by atoms with Gasteiger partial charge in [0, 0.05) is 36.9 Å². The first-order chi connectivity index (χ1) is 23.3. The third kappa shape index (κ3) is 4.98. The fourth-order valence-corrected chi connectivity index (χ4v) is 7.86. The number of benzene rings is 7. The Hall–Kier alpha value is -5.90. The lowest BCUT2D eigenvalue weighted by Gasteiger charge is -2.14. The quantitative estimate of drug-likeness (QED) is 0.192. The van der Waals surface area contributed by atoms with Crippen LogP contribution in [0.2, 0.25) is 0 Å². The average Bonchev–Trinajstić information content (AvgIpc) is 3.55. The molecule has 0 atom stereocenters. The summed E-state index contributed by atoms with van der Waals surface area (Å²) in [7, 11) is 0. The molecule has 0 fully saturated rings. The first-order valence-electron chi connectivity index (χ1n) is 15.8. The van der Waals surface area contributed by atoms with Crippen LogP contribution in [0.15, 0.2) is 170 Å². The van der Waals surface area contributed by atoms with E-state index in [4.69, 9.17) is 9.97 Å². The lowest BCUT2D eigenvalue weighted by atomic mass is 9.92. The molecule has 0 saturated carbocycles. The number of fused-ring (bicyclic) bond motifs is 5. The second-order valence-electron chi connectivity index (χ2n) is 11.8. The van der Waals surface area contributed by atoms with Gasteiger partial charge in [-0.2, -0.15) is 0 Å². The molecule has 2 aromatic heterocycles. The molecule has 9 rings (SSSR count). The SMILES string of the molecule is c1ccc(-c2cc(-c3cc(-c4ccccc4)nc(-c4ccccc4)n3)cc(-c3cccc4sc5c6ccccc6ccc5c34)c2)cc1. The monoisotopic (exact) mass is 616 g/mol. The highest BCUT2D eigenvalue weighted by Crippen LogP contribution is 2.44. The maximum atomic E-state index is 5.20. The smallest absolute Gasteiger partial charge is 0.160 e. The Morgan fingerprint density at radius 3 is 1.77 bits per heavy atom. The summed E-state index contributed by atoms with van der Waals surface area (Å²) in [6, 6.07) is 60.2. The lowest BCUT2D eigenvalue weighted by Crippen LogP contribution is -1.96. The van der Waals surface area contributed by atoms with Gasteiger partial charge in [-0.05, 0) is 63.4 Å². The predicted molar refractivity (Wildman–Crippen MR) is 200 cm³/mol. The molecule has 220 valence electrons. The van der Waals surface area contributed by atoms with Crippen molar-refractivity contribution in [3.05, 3.63) is 170 Å².